The van der Waals surface area contributed by atoms with Crippen molar-refractivity contribution in [2.45, 2.75) is 59.0 Å². The first-order valence-corrected chi connectivity index (χ1v) is 15.6. The molecule has 0 bridgehead atoms. The second kappa shape index (κ2) is 14.7. The second-order valence-electron chi connectivity index (χ2n) is 10.2. The highest BCUT2D eigenvalue weighted by atomic mass is 32.2. The molecule has 0 aliphatic rings. The zero-order valence-electron chi connectivity index (χ0n) is 24.0. The maximum absolute atomic E-state index is 13.9. The topological polar surface area (TPSA) is 86.8 Å². The highest BCUT2D eigenvalue weighted by Gasteiger charge is 2.30. The number of hydrogen-bond donors (Lipinski definition) is 1. The summed E-state index contributed by atoms with van der Waals surface area (Å²) in [6, 6.07) is 24.1. The number of nitrogens with zero attached hydrogens (tertiary/aromatic N) is 2. The molecule has 3 rings (SSSR count). The maximum atomic E-state index is 13.9. The van der Waals surface area contributed by atoms with Gasteiger partial charge in [-0.25, -0.2) is 8.42 Å². The average Bonchev–Trinajstić information content (AvgIpc) is 2.92. The van der Waals surface area contributed by atoms with Crippen molar-refractivity contribution in [1.82, 2.24) is 10.2 Å². The lowest BCUT2D eigenvalue weighted by atomic mass is 10.0. The summed E-state index contributed by atoms with van der Waals surface area (Å²) < 4.78 is 26.6. The lowest BCUT2D eigenvalue weighted by molar-refractivity contribution is -0.141. The fraction of sp³-hybridized carbons (Fsp3) is 0.375. The monoisotopic (exact) mass is 563 g/mol. The summed E-state index contributed by atoms with van der Waals surface area (Å²) in [4.78, 5) is 29.0. The van der Waals surface area contributed by atoms with Crippen LogP contribution in [-0.2, 0) is 32.6 Å². The number of carbonyl (C=O) groups is 2. The third-order valence-electron chi connectivity index (χ3n) is 6.86. The Morgan fingerprint density at radius 3 is 2.27 bits per heavy atom. The zero-order valence-corrected chi connectivity index (χ0v) is 24.8. The lowest BCUT2D eigenvalue weighted by Gasteiger charge is -2.32. The fourth-order valence-electron chi connectivity index (χ4n) is 4.68. The van der Waals surface area contributed by atoms with Gasteiger partial charge in [0, 0.05) is 32.5 Å². The van der Waals surface area contributed by atoms with Crippen molar-refractivity contribution < 1.29 is 18.0 Å². The molecule has 0 unspecified atom stereocenters. The van der Waals surface area contributed by atoms with Crippen LogP contribution in [0.25, 0.3) is 0 Å². The summed E-state index contributed by atoms with van der Waals surface area (Å²) in [5.74, 6) is -0.376. The van der Waals surface area contributed by atoms with Gasteiger partial charge in [0.15, 0.2) is 0 Å². The minimum Gasteiger partial charge on any atom is -0.354 e. The summed E-state index contributed by atoms with van der Waals surface area (Å²) >= 11 is 0. The molecule has 3 aromatic carbocycles. The molecule has 1 atom stereocenters. The van der Waals surface area contributed by atoms with Crippen LogP contribution < -0.4 is 9.62 Å². The van der Waals surface area contributed by atoms with Gasteiger partial charge >= 0.3 is 0 Å². The van der Waals surface area contributed by atoms with Gasteiger partial charge in [-0.15, -0.1) is 0 Å². The van der Waals surface area contributed by atoms with Crippen molar-refractivity contribution in [3.05, 3.63) is 101 Å². The number of rotatable bonds is 14. The molecule has 0 aliphatic heterocycles. The van der Waals surface area contributed by atoms with Crippen molar-refractivity contribution in [1.29, 1.82) is 0 Å². The molecule has 40 heavy (non-hydrogen) atoms. The Morgan fingerprint density at radius 1 is 0.925 bits per heavy atom. The molecule has 0 heterocycles. The molecule has 0 saturated carbocycles. The van der Waals surface area contributed by atoms with E-state index in [4.69, 9.17) is 0 Å². The molecular formula is C32H41N3O4S. The number of sulfonamides is 1. The highest BCUT2D eigenvalue weighted by molar-refractivity contribution is 7.92. The summed E-state index contributed by atoms with van der Waals surface area (Å²) in [5.41, 5.74) is 4.50. The van der Waals surface area contributed by atoms with E-state index < -0.39 is 16.1 Å². The van der Waals surface area contributed by atoms with Crippen LogP contribution in [0.3, 0.4) is 0 Å². The first-order valence-electron chi connectivity index (χ1n) is 13.8. The van der Waals surface area contributed by atoms with Crippen molar-refractivity contribution in [3.63, 3.8) is 0 Å². The number of nitrogens with one attached hydrogen (secondary N) is 1. The smallest absolute Gasteiger partial charge is 0.243 e. The van der Waals surface area contributed by atoms with Gasteiger partial charge in [0.05, 0.1) is 11.9 Å². The van der Waals surface area contributed by atoms with Gasteiger partial charge in [0.2, 0.25) is 21.8 Å². The van der Waals surface area contributed by atoms with Crippen LogP contribution in [0.2, 0.25) is 0 Å². The van der Waals surface area contributed by atoms with Crippen molar-refractivity contribution in [2.75, 3.05) is 23.7 Å². The highest BCUT2D eigenvalue weighted by Crippen LogP contribution is 2.21. The van der Waals surface area contributed by atoms with Crippen LogP contribution in [-0.4, -0.2) is 50.5 Å². The van der Waals surface area contributed by atoms with E-state index in [-0.39, 0.29) is 31.3 Å². The number of benzene rings is 3. The Kier molecular flexibility index (Phi) is 11.3. The van der Waals surface area contributed by atoms with Gasteiger partial charge in [-0.05, 0) is 61.1 Å². The molecule has 0 aliphatic carbocycles. The molecule has 1 N–H and O–H groups in total. The van der Waals surface area contributed by atoms with E-state index in [9.17, 15) is 18.0 Å². The van der Waals surface area contributed by atoms with Gasteiger partial charge in [-0.3, -0.25) is 13.9 Å². The van der Waals surface area contributed by atoms with E-state index in [1.807, 2.05) is 93.6 Å². The van der Waals surface area contributed by atoms with E-state index in [1.54, 1.807) is 11.0 Å². The Balaban J connectivity index is 1.88. The van der Waals surface area contributed by atoms with E-state index in [1.165, 1.54) is 10.6 Å². The normalized spacial score (nSPS) is 12.0. The molecule has 214 valence electrons. The molecule has 7 nitrogen and oxygen atoms in total. The third kappa shape index (κ3) is 8.95. The van der Waals surface area contributed by atoms with Crippen molar-refractivity contribution in [3.8, 4) is 0 Å². The van der Waals surface area contributed by atoms with Crippen LogP contribution in [0.1, 0.15) is 48.4 Å². The number of hydrogen-bond acceptors (Lipinski definition) is 4. The molecule has 0 saturated heterocycles. The fourth-order valence-corrected chi connectivity index (χ4v) is 5.64. The Morgan fingerprint density at radius 2 is 1.62 bits per heavy atom. The molecule has 0 radical (unpaired) electrons. The van der Waals surface area contributed by atoms with Gasteiger partial charge in [0.25, 0.3) is 0 Å². The SMILES string of the molecule is CCCNC(=O)[C@H](Cc1ccccc1)N(Cc1ccccc1C)C(=O)CCCN(c1cccc(C)c1)S(C)(=O)=O. The van der Waals surface area contributed by atoms with Crippen LogP contribution in [0.15, 0.2) is 78.9 Å². The Hall–Kier alpha value is -3.65. The number of aryl methyl sites for hydroxylation is 2. The minimum absolute atomic E-state index is 0.107. The number of carbonyl (C=O) groups excluding carboxylic acids is 2. The largest absolute Gasteiger partial charge is 0.354 e. The molecular weight excluding hydrogens is 522 g/mol. The van der Waals surface area contributed by atoms with E-state index in [2.05, 4.69) is 5.32 Å². The van der Waals surface area contributed by atoms with E-state index >= 15 is 0 Å². The minimum atomic E-state index is -3.54. The predicted molar refractivity (Wildman–Crippen MR) is 162 cm³/mol. The van der Waals surface area contributed by atoms with Crippen molar-refractivity contribution >= 4 is 27.5 Å². The summed E-state index contributed by atoms with van der Waals surface area (Å²) in [5, 5.41) is 2.99. The first-order chi connectivity index (χ1) is 19.1. The van der Waals surface area contributed by atoms with Crippen LogP contribution in [0.4, 0.5) is 5.69 Å². The van der Waals surface area contributed by atoms with Gasteiger partial charge in [-0.1, -0.05) is 73.7 Å². The molecule has 8 heteroatoms. The van der Waals surface area contributed by atoms with Gasteiger partial charge < -0.3 is 10.2 Å². The Bertz CT molecular complexity index is 1380. The predicted octanol–water partition coefficient (Wildman–Crippen LogP) is 5.02. The van der Waals surface area contributed by atoms with Crippen LogP contribution in [0, 0.1) is 13.8 Å². The average molecular weight is 564 g/mol. The number of amides is 2. The summed E-state index contributed by atoms with van der Waals surface area (Å²) in [7, 11) is -3.54. The van der Waals surface area contributed by atoms with Crippen LogP contribution >= 0.6 is 0 Å². The zero-order chi connectivity index (χ0) is 29.1. The second-order valence-corrected chi connectivity index (χ2v) is 12.1. The number of anilines is 1. The summed E-state index contributed by atoms with van der Waals surface area (Å²) in [6.07, 6.45) is 2.77. The van der Waals surface area contributed by atoms with E-state index in [0.717, 1.165) is 28.7 Å². The summed E-state index contributed by atoms with van der Waals surface area (Å²) in [6.45, 7) is 6.87. The van der Waals surface area contributed by atoms with Gasteiger partial charge in [-0.2, -0.15) is 0 Å². The Labute approximate surface area is 239 Å². The first kappa shape index (κ1) is 30.9. The molecule has 2 amide bonds. The standard InChI is InChI=1S/C32H41N3O4S/c1-5-20-33-32(37)30(23-27-15-7-6-8-16-27)34(24-28-17-10-9-14-26(28)3)31(36)19-12-21-35(40(4,38)39)29-18-11-13-25(2)22-29/h6-11,13-18,22,30H,5,12,19-21,23-24H2,1-4H3,(H,33,37)/t30-/m0/s1. The molecule has 3 aromatic rings. The van der Waals surface area contributed by atoms with Crippen molar-refractivity contribution in [2.24, 2.45) is 0 Å². The molecule has 0 aromatic heterocycles. The van der Waals surface area contributed by atoms with Gasteiger partial charge in [0.1, 0.15) is 6.04 Å². The van der Waals surface area contributed by atoms with Crippen LogP contribution in [0.5, 0.6) is 0 Å². The maximum Gasteiger partial charge on any atom is 0.243 e. The quantitative estimate of drug-likeness (QED) is 0.299. The molecule has 0 spiro atoms. The third-order valence-corrected chi connectivity index (χ3v) is 8.06. The lowest BCUT2D eigenvalue weighted by Crippen LogP contribution is -2.50. The van der Waals surface area contributed by atoms with E-state index in [0.29, 0.717) is 25.1 Å². The molecule has 0 fully saturated rings.